The van der Waals surface area contributed by atoms with Gasteiger partial charge in [-0.2, -0.15) is 0 Å². The fraction of sp³-hybridized carbons (Fsp3) is 0.700. The lowest BCUT2D eigenvalue weighted by molar-refractivity contribution is 0.155. The summed E-state index contributed by atoms with van der Waals surface area (Å²) in [6.07, 6.45) is 7.99. The highest BCUT2D eigenvalue weighted by atomic mass is 16.5. The lowest BCUT2D eigenvalue weighted by Crippen LogP contribution is -2.45. The summed E-state index contributed by atoms with van der Waals surface area (Å²) in [5, 5.41) is 3.51. The maximum absolute atomic E-state index is 5.72. The first-order chi connectivity index (χ1) is 11.8. The maximum Gasteiger partial charge on any atom is 0.144 e. The minimum atomic E-state index is 0.612. The number of anilines is 2. The summed E-state index contributed by atoms with van der Waals surface area (Å²) < 4.78 is 5.72. The van der Waals surface area contributed by atoms with Gasteiger partial charge < -0.3 is 19.9 Å². The van der Waals surface area contributed by atoms with Crippen LogP contribution in [0.5, 0.6) is 5.75 Å². The molecule has 0 bridgehead atoms. The van der Waals surface area contributed by atoms with Crippen molar-refractivity contribution in [2.24, 2.45) is 5.41 Å². The number of hydrogen-bond acceptors (Lipinski definition) is 4. The lowest BCUT2D eigenvalue weighted by atomic mass is 9.71. The first-order valence-corrected chi connectivity index (χ1v) is 9.68. The summed E-state index contributed by atoms with van der Waals surface area (Å²) in [7, 11) is 1.80. The molecule has 4 nitrogen and oxygen atoms in total. The van der Waals surface area contributed by atoms with Gasteiger partial charge in [0.1, 0.15) is 5.75 Å². The van der Waals surface area contributed by atoms with E-state index in [1.807, 2.05) is 0 Å². The molecule has 0 radical (unpaired) electrons. The molecule has 0 unspecified atom stereocenters. The van der Waals surface area contributed by atoms with Crippen molar-refractivity contribution in [3.05, 3.63) is 18.2 Å². The van der Waals surface area contributed by atoms with Crippen molar-refractivity contribution in [2.45, 2.75) is 38.5 Å². The summed E-state index contributed by atoms with van der Waals surface area (Å²) in [4.78, 5) is 5.02. The Morgan fingerprint density at radius 1 is 0.917 bits per heavy atom. The van der Waals surface area contributed by atoms with Gasteiger partial charge in [-0.05, 0) is 69.2 Å². The normalized spacial score (nSPS) is 23.7. The van der Waals surface area contributed by atoms with Crippen molar-refractivity contribution in [1.29, 1.82) is 0 Å². The van der Waals surface area contributed by atoms with E-state index in [9.17, 15) is 0 Å². The van der Waals surface area contributed by atoms with E-state index in [1.54, 1.807) is 7.11 Å². The van der Waals surface area contributed by atoms with Crippen LogP contribution in [0, 0.1) is 5.41 Å². The van der Waals surface area contributed by atoms with Crippen LogP contribution in [0.2, 0.25) is 0 Å². The van der Waals surface area contributed by atoms with E-state index in [2.05, 4.69) is 33.3 Å². The van der Waals surface area contributed by atoms with Crippen LogP contribution < -0.4 is 19.9 Å². The van der Waals surface area contributed by atoms with Crippen molar-refractivity contribution in [3.8, 4) is 5.75 Å². The Kier molecular flexibility index (Phi) is 4.57. The van der Waals surface area contributed by atoms with Crippen LogP contribution in [0.25, 0.3) is 0 Å². The summed E-state index contributed by atoms with van der Waals surface area (Å²) >= 11 is 0. The fourth-order valence-corrected chi connectivity index (χ4v) is 4.78. The second-order valence-corrected chi connectivity index (χ2v) is 7.79. The zero-order valence-electron chi connectivity index (χ0n) is 15.0. The lowest BCUT2D eigenvalue weighted by Gasteiger charge is -2.45. The standard InChI is InChI=1S/C20H31N3O/c1-24-19-16-17(4-5-18(19)23-12-2-3-13-23)22-14-8-20(9-15-22)6-10-21-11-7-20/h4-5,16,21H,2-3,6-15H2,1H3. The third-order valence-electron chi connectivity index (χ3n) is 6.46. The molecule has 1 aromatic rings. The average Bonchev–Trinajstić information content (AvgIpc) is 3.17. The van der Waals surface area contributed by atoms with Gasteiger partial charge in [0.2, 0.25) is 0 Å². The van der Waals surface area contributed by atoms with E-state index in [1.165, 1.54) is 76.1 Å². The Morgan fingerprint density at radius 3 is 2.29 bits per heavy atom. The highest BCUT2D eigenvalue weighted by molar-refractivity contribution is 5.66. The van der Waals surface area contributed by atoms with E-state index in [0.29, 0.717) is 5.41 Å². The minimum absolute atomic E-state index is 0.612. The maximum atomic E-state index is 5.72. The van der Waals surface area contributed by atoms with Crippen molar-refractivity contribution in [2.75, 3.05) is 56.2 Å². The smallest absolute Gasteiger partial charge is 0.144 e. The number of piperidine rings is 2. The van der Waals surface area contributed by atoms with Gasteiger partial charge in [-0.25, -0.2) is 0 Å². The Labute approximate surface area is 146 Å². The largest absolute Gasteiger partial charge is 0.495 e. The Bertz CT molecular complexity index is 552. The topological polar surface area (TPSA) is 27.7 Å². The Balaban J connectivity index is 1.46. The third-order valence-corrected chi connectivity index (χ3v) is 6.46. The molecular formula is C20H31N3O. The second kappa shape index (κ2) is 6.83. The van der Waals surface area contributed by atoms with Crippen LogP contribution in [0.1, 0.15) is 38.5 Å². The molecule has 1 spiro atoms. The number of ether oxygens (including phenoxy) is 1. The van der Waals surface area contributed by atoms with Gasteiger partial charge in [-0.1, -0.05) is 0 Å². The Morgan fingerprint density at radius 2 is 1.62 bits per heavy atom. The molecule has 0 saturated carbocycles. The first kappa shape index (κ1) is 16.1. The van der Waals surface area contributed by atoms with Crippen molar-refractivity contribution in [1.82, 2.24) is 5.32 Å². The van der Waals surface area contributed by atoms with Gasteiger partial charge in [0.15, 0.2) is 0 Å². The van der Waals surface area contributed by atoms with Gasteiger partial charge >= 0.3 is 0 Å². The number of rotatable bonds is 3. The fourth-order valence-electron chi connectivity index (χ4n) is 4.78. The molecule has 0 aliphatic carbocycles. The second-order valence-electron chi connectivity index (χ2n) is 7.79. The van der Waals surface area contributed by atoms with Crippen molar-refractivity contribution in [3.63, 3.8) is 0 Å². The van der Waals surface area contributed by atoms with Crippen LogP contribution >= 0.6 is 0 Å². The van der Waals surface area contributed by atoms with E-state index >= 15 is 0 Å². The van der Waals surface area contributed by atoms with Gasteiger partial charge in [0.25, 0.3) is 0 Å². The van der Waals surface area contributed by atoms with Crippen LogP contribution in [0.3, 0.4) is 0 Å². The highest BCUT2D eigenvalue weighted by Gasteiger charge is 2.35. The molecule has 4 rings (SSSR count). The zero-order valence-corrected chi connectivity index (χ0v) is 15.0. The van der Waals surface area contributed by atoms with Gasteiger partial charge in [0.05, 0.1) is 12.8 Å². The highest BCUT2D eigenvalue weighted by Crippen LogP contribution is 2.42. The van der Waals surface area contributed by atoms with E-state index in [-0.39, 0.29) is 0 Å². The molecule has 3 fully saturated rings. The number of nitrogens with zero attached hydrogens (tertiary/aromatic N) is 2. The van der Waals surface area contributed by atoms with E-state index in [0.717, 1.165) is 18.8 Å². The van der Waals surface area contributed by atoms with Crippen LogP contribution in [-0.2, 0) is 0 Å². The molecule has 132 valence electrons. The van der Waals surface area contributed by atoms with Gasteiger partial charge in [-0.15, -0.1) is 0 Å². The van der Waals surface area contributed by atoms with Crippen molar-refractivity contribution >= 4 is 11.4 Å². The summed E-state index contributed by atoms with van der Waals surface area (Å²) in [5.74, 6) is 1.04. The summed E-state index contributed by atoms with van der Waals surface area (Å²) in [6.45, 7) is 7.11. The molecule has 1 aromatic carbocycles. The minimum Gasteiger partial charge on any atom is -0.495 e. The Hall–Kier alpha value is -1.42. The molecular weight excluding hydrogens is 298 g/mol. The molecule has 0 amide bonds. The predicted octanol–water partition coefficient (Wildman–Crippen LogP) is 3.27. The van der Waals surface area contributed by atoms with Crippen LogP contribution in [0.15, 0.2) is 18.2 Å². The van der Waals surface area contributed by atoms with Crippen LogP contribution in [-0.4, -0.2) is 46.4 Å². The van der Waals surface area contributed by atoms with Crippen LogP contribution in [0.4, 0.5) is 11.4 Å². The molecule has 24 heavy (non-hydrogen) atoms. The molecule has 0 atom stereocenters. The quantitative estimate of drug-likeness (QED) is 0.921. The zero-order chi connectivity index (χ0) is 16.4. The number of hydrogen-bond donors (Lipinski definition) is 1. The SMILES string of the molecule is COc1cc(N2CCC3(CCNCC3)CC2)ccc1N1CCCC1. The van der Waals surface area contributed by atoms with E-state index < -0.39 is 0 Å². The monoisotopic (exact) mass is 329 g/mol. The number of benzene rings is 1. The van der Waals surface area contributed by atoms with E-state index in [4.69, 9.17) is 4.74 Å². The number of methoxy groups -OCH3 is 1. The molecule has 3 aliphatic rings. The third kappa shape index (κ3) is 3.08. The summed E-state index contributed by atoms with van der Waals surface area (Å²) in [5.41, 5.74) is 3.21. The molecule has 3 saturated heterocycles. The summed E-state index contributed by atoms with van der Waals surface area (Å²) in [6, 6.07) is 6.83. The van der Waals surface area contributed by atoms with Crippen molar-refractivity contribution < 1.29 is 4.74 Å². The molecule has 3 aliphatic heterocycles. The molecule has 1 N–H and O–H groups in total. The molecule has 0 aromatic heterocycles. The first-order valence-electron chi connectivity index (χ1n) is 9.68. The average molecular weight is 329 g/mol. The molecule has 4 heteroatoms. The van der Waals surface area contributed by atoms with Gasteiger partial charge in [-0.3, -0.25) is 0 Å². The predicted molar refractivity (Wildman–Crippen MR) is 100 cm³/mol. The molecule has 3 heterocycles. The van der Waals surface area contributed by atoms with Gasteiger partial charge in [0, 0.05) is 37.9 Å². The number of nitrogens with one attached hydrogen (secondary N) is 1.